The van der Waals surface area contributed by atoms with Crippen molar-refractivity contribution in [2.24, 2.45) is 5.41 Å². The van der Waals surface area contributed by atoms with Gasteiger partial charge < -0.3 is 5.11 Å². The van der Waals surface area contributed by atoms with E-state index in [1.807, 2.05) is 32.1 Å². The fourth-order valence-corrected chi connectivity index (χ4v) is 2.24. The highest BCUT2D eigenvalue weighted by atomic mass is 16.3. The van der Waals surface area contributed by atoms with Crippen LogP contribution in [0.1, 0.15) is 41.0 Å². The Morgan fingerprint density at radius 2 is 2.06 bits per heavy atom. The molecule has 0 bridgehead atoms. The van der Waals surface area contributed by atoms with Gasteiger partial charge in [0.25, 0.3) is 0 Å². The van der Waals surface area contributed by atoms with E-state index in [9.17, 15) is 9.90 Å². The Kier molecular flexibility index (Phi) is 4.10. The molecule has 1 aliphatic rings. The van der Waals surface area contributed by atoms with Crippen molar-refractivity contribution < 1.29 is 9.90 Å². The van der Waals surface area contributed by atoms with Gasteiger partial charge in [0.05, 0.1) is 0 Å². The van der Waals surface area contributed by atoms with Gasteiger partial charge >= 0.3 is 0 Å². The molecule has 0 aromatic heterocycles. The van der Waals surface area contributed by atoms with Crippen LogP contribution in [0.3, 0.4) is 0 Å². The summed E-state index contributed by atoms with van der Waals surface area (Å²) in [4.78, 5) is 11.8. The van der Waals surface area contributed by atoms with Crippen LogP contribution in [-0.2, 0) is 4.79 Å². The molecule has 0 amide bonds. The summed E-state index contributed by atoms with van der Waals surface area (Å²) in [5.41, 5.74) is 2.74. The third-order valence-electron chi connectivity index (χ3n) is 3.48. The fraction of sp³-hybridized carbons (Fsp3) is 0.533. The maximum atomic E-state index is 11.8. The van der Waals surface area contributed by atoms with Gasteiger partial charge in [0.1, 0.15) is 6.10 Å². The molecule has 2 nitrogen and oxygen atoms in total. The molecule has 0 aromatic rings. The minimum absolute atomic E-state index is 0.137. The van der Waals surface area contributed by atoms with Gasteiger partial charge in [-0.2, -0.15) is 0 Å². The molecule has 94 valence electrons. The Morgan fingerprint density at radius 1 is 1.47 bits per heavy atom. The Bertz CT molecular complexity index is 409. The first-order chi connectivity index (χ1) is 7.79. The van der Waals surface area contributed by atoms with Crippen LogP contribution in [0.4, 0.5) is 0 Å². The molecule has 1 aliphatic carbocycles. The first-order valence-corrected chi connectivity index (χ1v) is 6.04. The molecule has 0 saturated carbocycles. The number of hydrogen-bond acceptors (Lipinski definition) is 2. The topological polar surface area (TPSA) is 37.3 Å². The molecule has 1 N–H and O–H groups in total. The molecule has 0 radical (unpaired) electrons. The van der Waals surface area contributed by atoms with Crippen molar-refractivity contribution in [2.45, 2.75) is 47.1 Å². The molecule has 0 aromatic carbocycles. The van der Waals surface area contributed by atoms with Crippen molar-refractivity contribution in [1.29, 1.82) is 0 Å². The lowest BCUT2D eigenvalue weighted by Gasteiger charge is -2.34. The third-order valence-corrected chi connectivity index (χ3v) is 3.48. The molecule has 0 aliphatic heterocycles. The average molecular weight is 234 g/mol. The van der Waals surface area contributed by atoms with E-state index in [2.05, 4.69) is 13.8 Å². The van der Waals surface area contributed by atoms with Gasteiger partial charge in [-0.05, 0) is 43.8 Å². The van der Waals surface area contributed by atoms with Crippen LogP contribution in [0.5, 0.6) is 0 Å². The first kappa shape index (κ1) is 13.9. The fourth-order valence-electron chi connectivity index (χ4n) is 2.24. The summed E-state index contributed by atoms with van der Waals surface area (Å²) in [7, 11) is 0. The predicted molar refractivity (Wildman–Crippen MR) is 70.7 cm³/mol. The van der Waals surface area contributed by atoms with E-state index < -0.39 is 6.10 Å². The summed E-state index contributed by atoms with van der Waals surface area (Å²) >= 11 is 0. The zero-order valence-electron chi connectivity index (χ0n) is 11.4. The number of carbonyl (C=O) groups is 1. The van der Waals surface area contributed by atoms with Crippen molar-refractivity contribution in [1.82, 2.24) is 0 Å². The lowest BCUT2D eigenvalue weighted by molar-refractivity contribution is -0.125. The number of ketones is 1. The Hall–Kier alpha value is -1.15. The lowest BCUT2D eigenvalue weighted by atomic mass is 9.71. The van der Waals surface area contributed by atoms with Gasteiger partial charge in [0.15, 0.2) is 5.78 Å². The minimum atomic E-state index is -0.843. The van der Waals surface area contributed by atoms with Crippen LogP contribution in [0.2, 0.25) is 0 Å². The second kappa shape index (κ2) is 5.01. The van der Waals surface area contributed by atoms with Crippen LogP contribution in [-0.4, -0.2) is 17.0 Å². The maximum Gasteiger partial charge on any atom is 0.187 e. The molecule has 1 atom stereocenters. The van der Waals surface area contributed by atoms with Gasteiger partial charge in [-0.1, -0.05) is 37.6 Å². The summed E-state index contributed by atoms with van der Waals surface area (Å²) in [6, 6.07) is 0. The van der Waals surface area contributed by atoms with E-state index in [1.165, 1.54) is 5.57 Å². The summed E-state index contributed by atoms with van der Waals surface area (Å²) in [5.74, 6) is -0.137. The molecule has 0 saturated heterocycles. The van der Waals surface area contributed by atoms with E-state index >= 15 is 0 Å². The van der Waals surface area contributed by atoms with Crippen molar-refractivity contribution in [3.63, 3.8) is 0 Å². The van der Waals surface area contributed by atoms with Gasteiger partial charge in [0, 0.05) is 0 Å². The van der Waals surface area contributed by atoms with Crippen molar-refractivity contribution in [2.75, 3.05) is 0 Å². The first-order valence-electron chi connectivity index (χ1n) is 6.04. The Balaban J connectivity index is 3.17. The summed E-state index contributed by atoms with van der Waals surface area (Å²) < 4.78 is 0. The molecule has 0 unspecified atom stereocenters. The summed E-state index contributed by atoms with van der Waals surface area (Å²) in [6.07, 6.45) is 5.71. The van der Waals surface area contributed by atoms with E-state index in [4.69, 9.17) is 0 Å². The zero-order valence-corrected chi connectivity index (χ0v) is 11.4. The van der Waals surface area contributed by atoms with Crippen LogP contribution in [0.15, 0.2) is 34.9 Å². The van der Waals surface area contributed by atoms with E-state index in [-0.39, 0.29) is 11.2 Å². The number of Topliss-reactive ketones (excluding diaryl/α,β-unsaturated/α-hetero) is 1. The second-order valence-corrected chi connectivity index (χ2v) is 5.37. The number of rotatable bonds is 2. The zero-order chi connectivity index (χ0) is 13.2. The number of allylic oxidation sites excluding steroid dienone is 5. The monoisotopic (exact) mass is 234 g/mol. The minimum Gasteiger partial charge on any atom is -0.385 e. The lowest BCUT2D eigenvalue weighted by Crippen LogP contribution is -2.35. The molecule has 0 spiro atoms. The molecule has 0 heterocycles. The largest absolute Gasteiger partial charge is 0.385 e. The highest BCUT2D eigenvalue weighted by Crippen LogP contribution is 2.39. The number of aliphatic hydroxyl groups excluding tert-OH is 1. The summed E-state index contributed by atoms with van der Waals surface area (Å²) in [5, 5.41) is 9.71. The van der Waals surface area contributed by atoms with Crippen LogP contribution < -0.4 is 0 Å². The van der Waals surface area contributed by atoms with Crippen LogP contribution >= 0.6 is 0 Å². The highest BCUT2D eigenvalue weighted by Gasteiger charge is 2.36. The Morgan fingerprint density at radius 3 is 2.59 bits per heavy atom. The van der Waals surface area contributed by atoms with Crippen LogP contribution in [0.25, 0.3) is 0 Å². The van der Waals surface area contributed by atoms with Crippen molar-refractivity contribution in [3.8, 4) is 0 Å². The van der Waals surface area contributed by atoms with Gasteiger partial charge in [-0.3, -0.25) is 4.79 Å². The summed E-state index contributed by atoms with van der Waals surface area (Å²) in [6.45, 7) is 9.95. The molecular weight excluding hydrogens is 212 g/mol. The second-order valence-electron chi connectivity index (χ2n) is 5.37. The quantitative estimate of drug-likeness (QED) is 0.745. The normalized spacial score (nSPS) is 25.9. The predicted octanol–water partition coefficient (Wildman–Crippen LogP) is 3.19. The molecule has 17 heavy (non-hydrogen) atoms. The smallest absolute Gasteiger partial charge is 0.187 e. The van der Waals surface area contributed by atoms with E-state index in [1.54, 1.807) is 6.92 Å². The molecule has 2 heteroatoms. The third kappa shape index (κ3) is 2.95. The van der Waals surface area contributed by atoms with Crippen LogP contribution in [0, 0.1) is 5.41 Å². The van der Waals surface area contributed by atoms with Crippen molar-refractivity contribution >= 4 is 5.78 Å². The molecular formula is C15H22O2. The van der Waals surface area contributed by atoms with Crippen molar-refractivity contribution in [3.05, 3.63) is 34.9 Å². The number of carbonyl (C=O) groups excluding carboxylic acids is 1. The van der Waals surface area contributed by atoms with E-state index in [0.29, 0.717) is 12.0 Å². The SMILES string of the molecule is C/C=C(C)/C=C/C1=C(C)C(=O)[C@@H](O)CC1(C)C. The number of hydrogen-bond donors (Lipinski definition) is 1. The molecule has 0 fully saturated rings. The molecule has 1 rings (SSSR count). The van der Waals surface area contributed by atoms with Gasteiger partial charge in [0.2, 0.25) is 0 Å². The average Bonchev–Trinajstić information content (AvgIpc) is 2.24. The Labute approximate surface area is 104 Å². The standard InChI is InChI=1S/C15H22O2/c1-6-10(2)7-8-12-11(3)14(17)13(16)9-15(12,4)5/h6-8,13,16H,9H2,1-5H3/b8-7+,10-6+/t13-/m0/s1. The van der Waals surface area contributed by atoms with E-state index in [0.717, 1.165) is 5.57 Å². The highest BCUT2D eigenvalue weighted by molar-refractivity contribution is 6.00. The number of aliphatic hydroxyl groups is 1. The van der Waals surface area contributed by atoms with Gasteiger partial charge in [-0.25, -0.2) is 0 Å². The maximum absolute atomic E-state index is 11.8. The van der Waals surface area contributed by atoms with Gasteiger partial charge in [-0.15, -0.1) is 0 Å².